The standard InChI is InChI=1S/C23H25N3O2/c1-3-7-21-19(5-1)13-23(17-28-21)15-26(16-23)14-20-6-2-4-8-22(20)27-12-11-25-10-9-24-18-25/h1-10,18H,11-17H2. The van der Waals surface area contributed by atoms with Crippen LogP contribution in [0.5, 0.6) is 11.5 Å². The zero-order chi connectivity index (χ0) is 18.8. The number of hydrogen-bond donors (Lipinski definition) is 0. The molecular weight excluding hydrogens is 350 g/mol. The van der Waals surface area contributed by atoms with E-state index >= 15 is 0 Å². The maximum absolute atomic E-state index is 6.06. The van der Waals surface area contributed by atoms with Crippen molar-refractivity contribution in [1.82, 2.24) is 14.5 Å². The second-order valence-corrected chi connectivity index (χ2v) is 7.98. The summed E-state index contributed by atoms with van der Waals surface area (Å²) in [6, 6.07) is 16.8. The minimum atomic E-state index is 0.269. The highest BCUT2D eigenvalue weighted by molar-refractivity contribution is 5.37. The van der Waals surface area contributed by atoms with Gasteiger partial charge in [-0.3, -0.25) is 4.90 Å². The van der Waals surface area contributed by atoms with Crippen LogP contribution in [-0.4, -0.2) is 40.8 Å². The molecule has 28 heavy (non-hydrogen) atoms. The molecule has 2 aromatic carbocycles. The quantitative estimate of drug-likeness (QED) is 0.662. The summed E-state index contributed by atoms with van der Waals surface area (Å²) < 4.78 is 14.1. The summed E-state index contributed by atoms with van der Waals surface area (Å²) in [5.74, 6) is 2.04. The molecule has 1 saturated heterocycles. The molecule has 0 N–H and O–H groups in total. The number of benzene rings is 2. The highest BCUT2D eigenvalue weighted by Crippen LogP contribution is 2.41. The van der Waals surface area contributed by atoms with Gasteiger partial charge in [-0.25, -0.2) is 4.98 Å². The average Bonchev–Trinajstić information content (AvgIpc) is 3.21. The predicted octanol–water partition coefficient (Wildman–Crippen LogP) is 3.40. The maximum Gasteiger partial charge on any atom is 0.123 e. The summed E-state index contributed by atoms with van der Waals surface area (Å²) in [6.07, 6.45) is 6.68. The first-order chi connectivity index (χ1) is 13.8. The molecule has 2 aliphatic rings. The van der Waals surface area contributed by atoms with Crippen LogP contribution in [0.25, 0.3) is 0 Å². The first kappa shape index (κ1) is 17.3. The number of para-hydroxylation sites is 2. The Morgan fingerprint density at radius 2 is 1.93 bits per heavy atom. The number of nitrogens with zero attached hydrogens (tertiary/aromatic N) is 3. The predicted molar refractivity (Wildman–Crippen MR) is 108 cm³/mol. The second-order valence-electron chi connectivity index (χ2n) is 7.98. The molecule has 2 aliphatic heterocycles. The van der Waals surface area contributed by atoms with E-state index in [0.717, 1.165) is 50.7 Å². The molecule has 0 atom stereocenters. The fourth-order valence-electron chi connectivity index (χ4n) is 4.39. The number of ether oxygens (including phenoxy) is 2. The van der Waals surface area contributed by atoms with Crippen LogP contribution >= 0.6 is 0 Å². The molecule has 3 aromatic rings. The van der Waals surface area contributed by atoms with Gasteiger partial charge in [-0.1, -0.05) is 36.4 Å². The van der Waals surface area contributed by atoms with Crippen molar-refractivity contribution in [2.45, 2.75) is 19.5 Å². The van der Waals surface area contributed by atoms with Crippen molar-refractivity contribution < 1.29 is 9.47 Å². The van der Waals surface area contributed by atoms with E-state index in [1.165, 1.54) is 11.1 Å². The minimum Gasteiger partial charge on any atom is -0.493 e. The molecule has 5 heteroatoms. The lowest BCUT2D eigenvalue weighted by atomic mass is 9.74. The average molecular weight is 375 g/mol. The number of fused-ring (bicyclic) bond motifs is 1. The van der Waals surface area contributed by atoms with Gasteiger partial charge in [-0.05, 0) is 24.1 Å². The Morgan fingerprint density at radius 1 is 1.07 bits per heavy atom. The van der Waals surface area contributed by atoms with E-state index in [-0.39, 0.29) is 5.41 Å². The first-order valence-corrected chi connectivity index (χ1v) is 9.89. The summed E-state index contributed by atoms with van der Waals surface area (Å²) in [7, 11) is 0. The summed E-state index contributed by atoms with van der Waals surface area (Å²) in [5, 5.41) is 0. The van der Waals surface area contributed by atoms with Gasteiger partial charge in [0, 0.05) is 43.0 Å². The van der Waals surface area contributed by atoms with Crippen LogP contribution in [0.3, 0.4) is 0 Å². The fourth-order valence-corrected chi connectivity index (χ4v) is 4.39. The molecular formula is C23H25N3O2. The van der Waals surface area contributed by atoms with E-state index in [1.807, 2.05) is 29.2 Å². The third kappa shape index (κ3) is 3.50. The van der Waals surface area contributed by atoms with E-state index in [0.29, 0.717) is 6.61 Å². The van der Waals surface area contributed by atoms with Gasteiger partial charge in [0.2, 0.25) is 0 Å². The zero-order valence-electron chi connectivity index (χ0n) is 16.0. The Morgan fingerprint density at radius 3 is 2.82 bits per heavy atom. The molecule has 0 unspecified atom stereocenters. The molecule has 1 aromatic heterocycles. The SMILES string of the molecule is c1ccc(OCCn2ccnc2)c(CN2CC3(COc4ccccc4C3)C2)c1. The van der Waals surface area contributed by atoms with E-state index in [1.54, 1.807) is 6.20 Å². The van der Waals surface area contributed by atoms with Crippen LogP contribution in [-0.2, 0) is 19.5 Å². The molecule has 1 fully saturated rings. The van der Waals surface area contributed by atoms with E-state index < -0.39 is 0 Å². The second kappa shape index (κ2) is 7.32. The summed E-state index contributed by atoms with van der Waals surface area (Å²) in [5.41, 5.74) is 2.86. The number of imidazole rings is 1. The molecule has 3 heterocycles. The Kier molecular flexibility index (Phi) is 4.53. The van der Waals surface area contributed by atoms with Gasteiger partial charge in [0.25, 0.3) is 0 Å². The van der Waals surface area contributed by atoms with E-state index in [9.17, 15) is 0 Å². The van der Waals surface area contributed by atoms with Crippen LogP contribution in [0.2, 0.25) is 0 Å². The van der Waals surface area contributed by atoms with Crippen molar-refractivity contribution in [2.75, 3.05) is 26.3 Å². The lowest BCUT2D eigenvalue weighted by Gasteiger charge is -2.52. The summed E-state index contributed by atoms with van der Waals surface area (Å²) in [6.45, 7) is 5.34. The zero-order valence-corrected chi connectivity index (χ0v) is 16.0. The summed E-state index contributed by atoms with van der Waals surface area (Å²) >= 11 is 0. The van der Waals surface area contributed by atoms with Crippen molar-refractivity contribution in [3.63, 3.8) is 0 Å². The molecule has 144 valence electrons. The molecule has 0 amide bonds. The number of likely N-dealkylation sites (tertiary alicyclic amines) is 1. The van der Waals surface area contributed by atoms with Crippen LogP contribution in [0, 0.1) is 5.41 Å². The number of hydrogen-bond acceptors (Lipinski definition) is 4. The maximum atomic E-state index is 6.06. The largest absolute Gasteiger partial charge is 0.493 e. The Hall–Kier alpha value is -2.79. The smallest absolute Gasteiger partial charge is 0.123 e. The first-order valence-electron chi connectivity index (χ1n) is 9.89. The topological polar surface area (TPSA) is 39.5 Å². The third-order valence-corrected chi connectivity index (χ3v) is 5.72. The van der Waals surface area contributed by atoms with Crippen molar-refractivity contribution >= 4 is 0 Å². The third-order valence-electron chi connectivity index (χ3n) is 5.72. The van der Waals surface area contributed by atoms with Gasteiger partial charge in [-0.15, -0.1) is 0 Å². The van der Waals surface area contributed by atoms with Gasteiger partial charge in [0.1, 0.15) is 18.1 Å². The van der Waals surface area contributed by atoms with E-state index in [4.69, 9.17) is 9.47 Å². The molecule has 5 nitrogen and oxygen atoms in total. The molecule has 1 spiro atoms. The lowest BCUT2D eigenvalue weighted by molar-refractivity contribution is -0.0481. The molecule has 0 saturated carbocycles. The number of rotatable bonds is 6. The molecule has 0 radical (unpaired) electrons. The van der Waals surface area contributed by atoms with E-state index in [2.05, 4.69) is 46.3 Å². The van der Waals surface area contributed by atoms with Gasteiger partial charge < -0.3 is 14.0 Å². The molecule has 0 bridgehead atoms. The van der Waals surface area contributed by atoms with Crippen LogP contribution < -0.4 is 9.47 Å². The highest BCUT2D eigenvalue weighted by Gasteiger charge is 2.46. The van der Waals surface area contributed by atoms with Crippen molar-refractivity contribution in [2.24, 2.45) is 5.41 Å². The van der Waals surface area contributed by atoms with Gasteiger partial charge in [0.15, 0.2) is 0 Å². The monoisotopic (exact) mass is 375 g/mol. The summed E-state index contributed by atoms with van der Waals surface area (Å²) in [4.78, 5) is 6.56. The molecule has 5 rings (SSSR count). The van der Waals surface area contributed by atoms with Gasteiger partial charge in [0.05, 0.1) is 19.5 Å². The van der Waals surface area contributed by atoms with Gasteiger partial charge >= 0.3 is 0 Å². The fraction of sp³-hybridized carbons (Fsp3) is 0.348. The Bertz CT molecular complexity index is 933. The van der Waals surface area contributed by atoms with Crippen LogP contribution in [0.1, 0.15) is 11.1 Å². The molecule has 0 aliphatic carbocycles. The van der Waals surface area contributed by atoms with Crippen molar-refractivity contribution in [3.05, 3.63) is 78.4 Å². The van der Waals surface area contributed by atoms with Gasteiger partial charge in [-0.2, -0.15) is 0 Å². The Balaban J connectivity index is 1.18. The van der Waals surface area contributed by atoms with Crippen molar-refractivity contribution in [3.8, 4) is 11.5 Å². The minimum absolute atomic E-state index is 0.269. The highest BCUT2D eigenvalue weighted by atomic mass is 16.5. The van der Waals surface area contributed by atoms with Crippen LogP contribution in [0.4, 0.5) is 0 Å². The normalized spacial score (nSPS) is 17.6. The van der Waals surface area contributed by atoms with Crippen LogP contribution in [0.15, 0.2) is 67.3 Å². The Labute approximate surface area is 165 Å². The lowest BCUT2D eigenvalue weighted by Crippen LogP contribution is -2.60. The number of aromatic nitrogens is 2. The van der Waals surface area contributed by atoms with Crippen molar-refractivity contribution in [1.29, 1.82) is 0 Å².